The summed E-state index contributed by atoms with van der Waals surface area (Å²) in [6.45, 7) is 0. The van der Waals surface area contributed by atoms with Crippen molar-refractivity contribution >= 4 is 34.7 Å². The van der Waals surface area contributed by atoms with E-state index >= 15 is 0 Å². The molecule has 3 nitrogen and oxygen atoms in total. The molecule has 2 rings (SSSR count). The van der Waals surface area contributed by atoms with Gasteiger partial charge in [-0.05, 0) is 60.7 Å². The molecule has 5 heteroatoms. The molecule has 19 heavy (non-hydrogen) atoms. The Morgan fingerprint density at radius 2 is 1.58 bits per heavy atom. The van der Waals surface area contributed by atoms with E-state index in [-0.39, 0.29) is 5.17 Å². The van der Waals surface area contributed by atoms with Gasteiger partial charge in [-0.3, -0.25) is 0 Å². The minimum absolute atomic E-state index is 0.271. The first-order valence-corrected chi connectivity index (χ1v) is 6.34. The molecular weight excluding hydrogens is 282 g/mol. The summed E-state index contributed by atoms with van der Waals surface area (Å²) in [6, 6.07) is 14.4. The van der Waals surface area contributed by atoms with Crippen molar-refractivity contribution < 1.29 is 9.47 Å². The van der Waals surface area contributed by atoms with Crippen LogP contribution in [0.25, 0.3) is 0 Å². The summed E-state index contributed by atoms with van der Waals surface area (Å²) >= 11 is 10.9. The number of methoxy groups -OCH3 is 1. The number of hydrogen-bond donors (Lipinski definition) is 1. The minimum Gasteiger partial charge on any atom is -0.497 e. The molecule has 2 aromatic carbocycles. The maximum Gasteiger partial charge on any atom is 0.266 e. The van der Waals surface area contributed by atoms with Gasteiger partial charge in [-0.15, -0.1) is 0 Å². The first kappa shape index (κ1) is 13.6. The second-order valence-electron chi connectivity index (χ2n) is 3.70. The third kappa shape index (κ3) is 4.12. The molecule has 0 unspecified atom stereocenters. The van der Waals surface area contributed by atoms with E-state index in [1.807, 2.05) is 24.3 Å². The normalized spacial score (nSPS) is 9.79. The Labute approximate surface area is 122 Å². The molecule has 98 valence electrons. The van der Waals surface area contributed by atoms with Crippen LogP contribution in [-0.2, 0) is 0 Å². The summed E-state index contributed by atoms with van der Waals surface area (Å²) in [5, 5.41) is 3.90. The Kier molecular flexibility index (Phi) is 4.60. The SMILES string of the molecule is COc1ccc(NC(=S)Oc2ccc(Cl)cc2)cc1. The van der Waals surface area contributed by atoms with Gasteiger partial charge in [-0.1, -0.05) is 11.6 Å². The predicted octanol–water partition coefficient (Wildman–Crippen LogP) is 4.12. The number of benzene rings is 2. The first-order valence-electron chi connectivity index (χ1n) is 5.56. The van der Waals surface area contributed by atoms with Crippen LogP contribution in [0.1, 0.15) is 0 Å². The minimum atomic E-state index is 0.271. The monoisotopic (exact) mass is 293 g/mol. The topological polar surface area (TPSA) is 30.5 Å². The van der Waals surface area contributed by atoms with Crippen LogP contribution in [0.5, 0.6) is 11.5 Å². The van der Waals surface area contributed by atoms with Gasteiger partial charge in [0.05, 0.1) is 7.11 Å². The zero-order valence-corrected chi connectivity index (χ0v) is 11.8. The molecule has 0 aliphatic carbocycles. The third-order valence-electron chi connectivity index (χ3n) is 2.36. The average Bonchev–Trinajstić information content (AvgIpc) is 2.42. The van der Waals surface area contributed by atoms with E-state index in [0.717, 1.165) is 11.4 Å². The third-order valence-corrected chi connectivity index (χ3v) is 2.80. The van der Waals surface area contributed by atoms with Gasteiger partial charge < -0.3 is 14.8 Å². The van der Waals surface area contributed by atoms with Crippen molar-refractivity contribution in [3.63, 3.8) is 0 Å². The van der Waals surface area contributed by atoms with Crippen LogP contribution in [0.15, 0.2) is 48.5 Å². The summed E-state index contributed by atoms with van der Waals surface area (Å²) in [5.74, 6) is 1.42. The standard InChI is InChI=1S/C14H12ClNO2S/c1-17-12-8-4-11(5-9-12)16-14(19)18-13-6-2-10(15)3-7-13/h2-9H,1H3,(H,16,19). The number of rotatable bonds is 3. The molecule has 0 amide bonds. The van der Waals surface area contributed by atoms with Gasteiger partial charge in [0.25, 0.3) is 5.17 Å². The number of hydrogen-bond acceptors (Lipinski definition) is 3. The maximum atomic E-state index is 5.79. The van der Waals surface area contributed by atoms with Crippen molar-refractivity contribution in [1.29, 1.82) is 0 Å². The Balaban J connectivity index is 1.95. The lowest BCUT2D eigenvalue weighted by atomic mass is 10.3. The van der Waals surface area contributed by atoms with Gasteiger partial charge in [0.1, 0.15) is 11.5 Å². The van der Waals surface area contributed by atoms with Crippen LogP contribution in [0, 0.1) is 0 Å². The van der Waals surface area contributed by atoms with Gasteiger partial charge >= 0.3 is 0 Å². The van der Waals surface area contributed by atoms with Crippen molar-refractivity contribution in [3.8, 4) is 11.5 Å². The second-order valence-corrected chi connectivity index (χ2v) is 4.50. The van der Waals surface area contributed by atoms with Crippen LogP contribution in [0.4, 0.5) is 5.69 Å². The molecule has 0 aliphatic heterocycles. The molecule has 0 fully saturated rings. The summed E-state index contributed by atoms with van der Waals surface area (Å²) in [7, 11) is 1.62. The largest absolute Gasteiger partial charge is 0.497 e. The fourth-order valence-electron chi connectivity index (χ4n) is 1.43. The smallest absolute Gasteiger partial charge is 0.266 e. The fourth-order valence-corrected chi connectivity index (χ4v) is 1.77. The van der Waals surface area contributed by atoms with Gasteiger partial charge in [0.2, 0.25) is 0 Å². The lowest BCUT2D eigenvalue weighted by molar-refractivity contribution is 0.415. The molecule has 2 aromatic rings. The van der Waals surface area contributed by atoms with Gasteiger partial charge in [-0.2, -0.15) is 0 Å². The Morgan fingerprint density at radius 1 is 1.00 bits per heavy atom. The highest BCUT2D eigenvalue weighted by molar-refractivity contribution is 7.80. The molecule has 0 aliphatic rings. The highest BCUT2D eigenvalue weighted by Crippen LogP contribution is 2.18. The van der Waals surface area contributed by atoms with E-state index in [9.17, 15) is 0 Å². The van der Waals surface area contributed by atoms with Gasteiger partial charge in [0, 0.05) is 10.7 Å². The van der Waals surface area contributed by atoms with Crippen molar-refractivity contribution in [2.75, 3.05) is 12.4 Å². The molecule has 0 atom stereocenters. The highest BCUT2D eigenvalue weighted by atomic mass is 35.5. The van der Waals surface area contributed by atoms with Crippen molar-refractivity contribution in [2.24, 2.45) is 0 Å². The van der Waals surface area contributed by atoms with E-state index in [2.05, 4.69) is 5.32 Å². The summed E-state index contributed by atoms with van der Waals surface area (Å²) < 4.78 is 10.5. The van der Waals surface area contributed by atoms with Crippen molar-refractivity contribution in [3.05, 3.63) is 53.6 Å². The molecule has 0 bridgehead atoms. The fraction of sp³-hybridized carbons (Fsp3) is 0.0714. The maximum absolute atomic E-state index is 5.79. The number of thiocarbonyl (C=S) groups is 1. The summed E-state index contributed by atoms with van der Waals surface area (Å²) in [6.07, 6.45) is 0. The highest BCUT2D eigenvalue weighted by Gasteiger charge is 2.01. The van der Waals surface area contributed by atoms with Crippen molar-refractivity contribution in [1.82, 2.24) is 0 Å². The number of anilines is 1. The summed E-state index contributed by atoms with van der Waals surface area (Å²) in [5.41, 5.74) is 0.833. The van der Waals surface area contributed by atoms with E-state index in [0.29, 0.717) is 10.8 Å². The molecular formula is C14H12ClNO2S. The first-order chi connectivity index (χ1) is 9.17. The quantitative estimate of drug-likeness (QED) is 0.862. The number of halogens is 1. The van der Waals surface area contributed by atoms with Crippen molar-refractivity contribution in [2.45, 2.75) is 0 Å². The van der Waals surface area contributed by atoms with Crippen LogP contribution >= 0.6 is 23.8 Å². The van der Waals surface area contributed by atoms with E-state index in [1.54, 1.807) is 31.4 Å². The van der Waals surface area contributed by atoms with Crippen LogP contribution in [0.2, 0.25) is 5.02 Å². The van der Waals surface area contributed by atoms with E-state index in [1.165, 1.54) is 0 Å². The Morgan fingerprint density at radius 3 is 2.16 bits per heavy atom. The number of ether oxygens (including phenoxy) is 2. The van der Waals surface area contributed by atoms with Crippen LogP contribution in [-0.4, -0.2) is 12.3 Å². The lowest BCUT2D eigenvalue weighted by Gasteiger charge is -2.09. The number of nitrogens with one attached hydrogen (secondary N) is 1. The molecule has 0 saturated carbocycles. The zero-order chi connectivity index (χ0) is 13.7. The molecule has 0 aromatic heterocycles. The van der Waals surface area contributed by atoms with Gasteiger partial charge in [-0.25, -0.2) is 0 Å². The molecule has 0 saturated heterocycles. The van der Waals surface area contributed by atoms with Gasteiger partial charge in [0.15, 0.2) is 0 Å². The molecule has 0 radical (unpaired) electrons. The van der Waals surface area contributed by atoms with Crippen LogP contribution in [0.3, 0.4) is 0 Å². The second kappa shape index (κ2) is 6.41. The lowest BCUT2D eigenvalue weighted by Crippen LogP contribution is -2.16. The zero-order valence-electron chi connectivity index (χ0n) is 10.2. The Bertz CT molecular complexity index is 555. The van der Waals surface area contributed by atoms with E-state index < -0.39 is 0 Å². The molecule has 0 spiro atoms. The van der Waals surface area contributed by atoms with Crippen LogP contribution < -0.4 is 14.8 Å². The molecule has 1 N–H and O–H groups in total. The summed E-state index contributed by atoms with van der Waals surface area (Å²) in [4.78, 5) is 0. The predicted molar refractivity (Wildman–Crippen MR) is 81.3 cm³/mol. The van der Waals surface area contributed by atoms with E-state index in [4.69, 9.17) is 33.3 Å². The average molecular weight is 294 g/mol. The Hall–Kier alpha value is -1.78. The molecule has 0 heterocycles.